The summed E-state index contributed by atoms with van der Waals surface area (Å²) in [5.74, 6) is 0.856. The number of aryl methyl sites for hydroxylation is 3. The van der Waals surface area contributed by atoms with Gasteiger partial charge in [0.1, 0.15) is 0 Å². The molecule has 0 fully saturated rings. The van der Waals surface area contributed by atoms with Crippen LogP contribution in [0.15, 0.2) is 17.1 Å². The number of aliphatic imine (C=N–C) groups is 1. The Bertz CT molecular complexity index is 480. The Labute approximate surface area is 158 Å². The lowest BCUT2D eigenvalue weighted by atomic mass is 9.97. The molecule has 1 aromatic carbocycles. The van der Waals surface area contributed by atoms with Gasteiger partial charge in [-0.1, -0.05) is 17.7 Å². The van der Waals surface area contributed by atoms with Crippen molar-refractivity contribution in [2.24, 2.45) is 4.99 Å². The van der Waals surface area contributed by atoms with Crippen LogP contribution in [0.2, 0.25) is 0 Å². The first kappa shape index (κ1) is 22.2. The fourth-order valence-corrected chi connectivity index (χ4v) is 2.73. The highest BCUT2D eigenvalue weighted by Crippen LogP contribution is 2.16. The Morgan fingerprint density at radius 2 is 1.83 bits per heavy atom. The first-order valence-corrected chi connectivity index (χ1v) is 8.08. The summed E-state index contributed by atoms with van der Waals surface area (Å²) < 4.78 is 5.15. The second kappa shape index (κ2) is 11.7. The number of hydrogen-bond acceptors (Lipinski definition) is 2. The fourth-order valence-electron chi connectivity index (χ4n) is 2.73. The predicted octanol–water partition coefficient (Wildman–Crippen LogP) is 3.36. The molecule has 0 spiro atoms. The molecule has 0 aliphatic heterocycles. The van der Waals surface area contributed by atoms with E-state index in [1.807, 2.05) is 0 Å². The lowest BCUT2D eigenvalue weighted by Crippen LogP contribution is -2.44. The molecule has 0 saturated heterocycles. The van der Waals surface area contributed by atoms with Gasteiger partial charge in [0.25, 0.3) is 0 Å². The highest BCUT2D eigenvalue weighted by Gasteiger charge is 2.06. The molecule has 0 heterocycles. The van der Waals surface area contributed by atoms with Crippen LogP contribution < -0.4 is 10.6 Å². The van der Waals surface area contributed by atoms with Crippen LogP contribution in [0.3, 0.4) is 0 Å². The molecule has 0 radical (unpaired) electrons. The van der Waals surface area contributed by atoms with Gasteiger partial charge in [-0.15, -0.1) is 24.0 Å². The number of methoxy groups -OCH3 is 1. The maximum Gasteiger partial charge on any atom is 0.191 e. The van der Waals surface area contributed by atoms with Gasteiger partial charge in [0, 0.05) is 26.2 Å². The summed E-state index contributed by atoms with van der Waals surface area (Å²) in [7, 11) is 1.71. The minimum absolute atomic E-state index is 0. The minimum atomic E-state index is 0. The van der Waals surface area contributed by atoms with Gasteiger partial charge < -0.3 is 15.4 Å². The molecule has 1 rings (SSSR count). The highest BCUT2D eigenvalue weighted by molar-refractivity contribution is 14.0. The van der Waals surface area contributed by atoms with E-state index in [2.05, 4.69) is 62.4 Å². The molecule has 5 heteroatoms. The van der Waals surface area contributed by atoms with E-state index in [1.54, 1.807) is 7.11 Å². The standard InChI is InChI=1S/C18H31N3O.HI/c1-7-19-18(21-16(5)12-22-6)20-9-8-17-14(3)10-13(2)11-15(17)4;/h10-11,16H,7-9,12H2,1-6H3,(H2,19,20,21);1H. The van der Waals surface area contributed by atoms with Crippen molar-refractivity contribution in [3.63, 3.8) is 0 Å². The van der Waals surface area contributed by atoms with Crippen LogP contribution in [0.1, 0.15) is 36.1 Å². The zero-order valence-electron chi connectivity index (χ0n) is 15.3. The van der Waals surface area contributed by atoms with Crippen molar-refractivity contribution in [1.82, 2.24) is 10.6 Å². The van der Waals surface area contributed by atoms with Gasteiger partial charge in [0.2, 0.25) is 0 Å². The van der Waals surface area contributed by atoms with E-state index in [9.17, 15) is 0 Å². The van der Waals surface area contributed by atoms with Gasteiger partial charge in [-0.25, -0.2) is 0 Å². The molecule has 1 aromatic rings. The Hall–Kier alpha value is -0.820. The summed E-state index contributed by atoms with van der Waals surface area (Å²) in [6, 6.07) is 4.73. The number of benzene rings is 1. The number of rotatable bonds is 7. The van der Waals surface area contributed by atoms with E-state index in [0.717, 1.165) is 25.5 Å². The second-order valence-electron chi connectivity index (χ2n) is 5.89. The van der Waals surface area contributed by atoms with Crippen LogP contribution in [0, 0.1) is 20.8 Å². The van der Waals surface area contributed by atoms with E-state index in [4.69, 9.17) is 4.74 Å². The highest BCUT2D eigenvalue weighted by atomic mass is 127. The van der Waals surface area contributed by atoms with Gasteiger partial charge in [-0.05, 0) is 57.7 Å². The monoisotopic (exact) mass is 433 g/mol. The predicted molar refractivity (Wildman–Crippen MR) is 110 cm³/mol. The topological polar surface area (TPSA) is 45.7 Å². The minimum Gasteiger partial charge on any atom is -0.383 e. The number of guanidine groups is 1. The summed E-state index contributed by atoms with van der Waals surface area (Å²) in [6.45, 7) is 13.0. The smallest absolute Gasteiger partial charge is 0.191 e. The van der Waals surface area contributed by atoms with Gasteiger partial charge >= 0.3 is 0 Å². The molecule has 4 nitrogen and oxygen atoms in total. The molecule has 0 aliphatic rings. The van der Waals surface area contributed by atoms with Gasteiger partial charge in [0.15, 0.2) is 5.96 Å². The Kier molecular flexibility index (Phi) is 11.3. The molecule has 23 heavy (non-hydrogen) atoms. The molecular weight excluding hydrogens is 401 g/mol. The molecule has 0 aromatic heterocycles. The Morgan fingerprint density at radius 1 is 1.22 bits per heavy atom. The Morgan fingerprint density at radius 3 is 2.35 bits per heavy atom. The summed E-state index contributed by atoms with van der Waals surface area (Å²) in [4.78, 5) is 4.67. The van der Waals surface area contributed by atoms with Gasteiger partial charge in [-0.2, -0.15) is 0 Å². The van der Waals surface area contributed by atoms with E-state index in [-0.39, 0.29) is 30.0 Å². The number of halogens is 1. The normalized spacial score (nSPS) is 12.5. The van der Waals surface area contributed by atoms with Crippen LogP contribution in [0.5, 0.6) is 0 Å². The molecule has 0 bridgehead atoms. The molecule has 1 atom stereocenters. The first-order chi connectivity index (χ1) is 10.5. The molecule has 1 unspecified atom stereocenters. The van der Waals surface area contributed by atoms with Gasteiger partial charge in [-0.3, -0.25) is 4.99 Å². The van der Waals surface area contributed by atoms with Crippen LogP contribution in [0.4, 0.5) is 0 Å². The van der Waals surface area contributed by atoms with Crippen molar-refractivity contribution in [2.75, 3.05) is 26.8 Å². The van der Waals surface area contributed by atoms with E-state index >= 15 is 0 Å². The SMILES string of the molecule is CCNC(=NCCc1c(C)cc(C)cc1C)NC(C)COC.I. The lowest BCUT2D eigenvalue weighted by Gasteiger charge is -2.17. The number of nitrogens with one attached hydrogen (secondary N) is 2. The lowest BCUT2D eigenvalue weighted by molar-refractivity contribution is 0.179. The summed E-state index contributed by atoms with van der Waals surface area (Å²) in [6.07, 6.45) is 0.965. The second-order valence-corrected chi connectivity index (χ2v) is 5.89. The van der Waals surface area contributed by atoms with Crippen LogP contribution in [-0.2, 0) is 11.2 Å². The number of nitrogens with zero attached hydrogens (tertiary/aromatic N) is 1. The molecule has 2 N–H and O–H groups in total. The van der Waals surface area contributed by atoms with Crippen LogP contribution in [-0.4, -0.2) is 38.8 Å². The fraction of sp³-hybridized carbons (Fsp3) is 0.611. The summed E-state index contributed by atoms with van der Waals surface area (Å²) >= 11 is 0. The summed E-state index contributed by atoms with van der Waals surface area (Å²) in [5, 5.41) is 6.64. The molecule has 0 amide bonds. The van der Waals surface area contributed by atoms with E-state index in [1.165, 1.54) is 22.3 Å². The maximum atomic E-state index is 5.15. The molecule has 0 saturated carbocycles. The first-order valence-electron chi connectivity index (χ1n) is 8.08. The maximum absolute atomic E-state index is 5.15. The van der Waals surface area contributed by atoms with Crippen molar-refractivity contribution >= 4 is 29.9 Å². The third-order valence-electron chi connectivity index (χ3n) is 3.62. The van der Waals surface area contributed by atoms with Gasteiger partial charge in [0.05, 0.1) is 6.61 Å². The van der Waals surface area contributed by atoms with Crippen LogP contribution in [0.25, 0.3) is 0 Å². The molecule has 132 valence electrons. The largest absolute Gasteiger partial charge is 0.383 e. The van der Waals surface area contributed by atoms with Crippen molar-refractivity contribution in [2.45, 2.75) is 47.1 Å². The third-order valence-corrected chi connectivity index (χ3v) is 3.62. The van der Waals surface area contributed by atoms with Crippen molar-refractivity contribution in [3.05, 3.63) is 34.4 Å². The van der Waals surface area contributed by atoms with E-state index in [0.29, 0.717) is 6.61 Å². The van der Waals surface area contributed by atoms with E-state index < -0.39 is 0 Å². The zero-order chi connectivity index (χ0) is 16.5. The summed E-state index contributed by atoms with van der Waals surface area (Å²) in [5.41, 5.74) is 5.46. The van der Waals surface area contributed by atoms with Crippen molar-refractivity contribution in [1.29, 1.82) is 0 Å². The quantitative estimate of drug-likeness (QED) is 0.394. The van der Waals surface area contributed by atoms with Crippen molar-refractivity contribution in [3.8, 4) is 0 Å². The Balaban J connectivity index is 0.00000484. The zero-order valence-corrected chi connectivity index (χ0v) is 17.7. The molecule has 0 aliphatic carbocycles. The van der Waals surface area contributed by atoms with Crippen molar-refractivity contribution < 1.29 is 4.74 Å². The molecular formula is C18H32IN3O. The number of ether oxygens (including phenoxy) is 1. The average molecular weight is 433 g/mol. The average Bonchev–Trinajstić information content (AvgIpc) is 2.42. The third kappa shape index (κ3) is 8.01. The number of hydrogen-bond donors (Lipinski definition) is 2. The van der Waals surface area contributed by atoms with Crippen LogP contribution >= 0.6 is 24.0 Å².